The summed E-state index contributed by atoms with van der Waals surface area (Å²) in [6, 6.07) is 7.39. The summed E-state index contributed by atoms with van der Waals surface area (Å²) in [7, 11) is 1.72. The first-order chi connectivity index (χ1) is 15.0. The molecule has 3 N–H and O–H groups in total. The van der Waals surface area contributed by atoms with Gasteiger partial charge in [-0.1, -0.05) is 31.1 Å². The lowest BCUT2D eigenvalue weighted by molar-refractivity contribution is -0.123. The second-order valence-corrected chi connectivity index (χ2v) is 7.29. The van der Waals surface area contributed by atoms with E-state index in [0.29, 0.717) is 37.7 Å². The molecule has 1 aromatic carbocycles. The van der Waals surface area contributed by atoms with Gasteiger partial charge in [0.05, 0.1) is 12.2 Å². The molecule has 1 saturated heterocycles. The van der Waals surface area contributed by atoms with Crippen molar-refractivity contribution in [2.75, 3.05) is 26.7 Å². The summed E-state index contributed by atoms with van der Waals surface area (Å²) in [5.74, 6) is 1.32. The Labute approximate surface area is 205 Å². The number of nitrogens with one attached hydrogen (secondary N) is 3. The Morgan fingerprint density at radius 3 is 2.53 bits per heavy atom. The summed E-state index contributed by atoms with van der Waals surface area (Å²) < 4.78 is 5.41. The number of hydrogen-bond acceptors (Lipinski definition) is 5. The van der Waals surface area contributed by atoms with Crippen LogP contribution in [0.2, 0.25) is 0 Å². The van der Waals surface area contributed by atoms with E-state index in [-0.39, 0.29) is 42.3 Å². The second-order valence-electron chi connectivity index (χ2n) is 7.29. The van der Waals surface area contributed by atoms with Gasteiger partial charge in [-0.15, -0.1) is 24.0 Å². The molecule has 2 aromatic rings. The van der Waals surface area contributed by atoms with Crippen molar-refractivity contribution >= 4 is 41.8 Å². The molecule has 1 aliphatic rings. The number of aryl methyl sites for hydroxylation is 2. The topological polar surface area (TPSA) is 112 Å². The highest BCUT2D eigenvalue weighted by Gasteiger charge is 2.22. The predicted octanol–water partition coefficient (Wildman–Crippen LogP) is 1.85. The maximum atomic E-state index is 12.6. The molecule has 0 bridgehead atoms. The number of benzene rings is 1. The molecule has 2 amide bonds. The SMILES string of the molecule is CCc1noc(CC)c1CNC(=NC)NCc1ccc(C(=O)N2CCNC(=O)C2)cc1.I. The summed E-state index contributed by atoms with van der Waals surface area (Å²) in [6.07, 6.45) is 1.61. The van der Waals surface area contributed by atoms with Crippen LogP contribution in [0.4, 0.5) is 0 Å². The number of aliphatic imine (C=N–C) groups is 1. The van der Waals surface area contributed by atoms with Crippen LogP contribution < -0.4 is 16.0 Å². The van der Waals surface area contributed by atoms with Gasteiger partial charge in [0.25, 0.3) is 5.91 Å². The highest BCUT2D eigenvalue weighted by Crippen LogP contribution is 2.15. The minimum atomic E-state index is -0.126. The van der Waals surface area contributed by atoms with E-state index < -0.39 is 0 Å². The average molecular weight is 554 g/mol. The van der Waals surface area contributed by atoms with Crippen LogP contribution >= 0.6 is 24.0 Å². The van der Waals surface area contributed by atoms with Gasteiger partial charge in [-0.25, -0.2) is 0 Å². The van der Waals surface area contributed by atoms with Crippen LogP contribution in [0.3, 0.4) is 0 Å². The molecule has 0 spiro atoms. The Balaban J connectivity index is 0.00000363. The molecule has 0 saturated carbocycles. The first-order valence-electron chi connectivity index (χ1n) is 10.6. The normalized spacial score (nSPS) is 13.9. The van der Waals surface area contributed by atoms with E-state index in [4.69, 9.17) is 4.52 Å². The van der Waals surface area contributed by atoms with E-state index in [1.54, 1.807) is 24.1 Å². The van der Waals surface area contributed by atoms with Crippen molar-refractivity contribution < 1.29 is 14.1 Å². The molecule has 1 aromatic heterocycles. The first kappa shape index (κ1) is 25.6. The molecule has 3 rings (SSSR count). The van der Waals surface area contributed by atoms with Crippen molar-refractivity contribution in [1.29, 1.82) is 0 Å². The zero-order chi connectivity index (χ0) is 22.2. The number of piperazine rings is 1. The van der Waals surface area contributed by atoms with Crippen LogP contribution in [0.15, 0.2) is 33.8 Å². The highest BCUT2D eigenvalue weighted by molar-refractivity contribution is 14.0. The Morgan fingerprint density at radius 2 is 1.91 bits per heavy atom. The molecule has 9 nitrogen and oxygen atoms in total. The van der Waals surface area contributed by atoms with E-state index in [2.05, 4.69) is 33.0 Å². The molecule has 32 heavy (non-hydrogen) atoms. The third-order valence-electron chi connectivity index (χ3n) is 5.25. The van der Waals surface area contributed by atoms with Crippen LogP contribution in [-0.2, 0) is 30.7 Å². The van der Waals surface area contributed by atoms with Crippen molar-refractivity contribution in [2.45, 2.75) is 39.8 Å². The van der Waals surface area contributed by atoms with Crippen LogP contribution in [0, 0.1) is 0 Å². The largest absolute Gasteiger partial charge is 0.361 e. The lowest BCUT2D eigenvalue weighted by Crippen LogP contribution is -2.49. The molecule has 174 valence electrons. The fourth-order valence-electron chi connectivity index (χ4n) is 3.48. The van der Waals surface area contributed by atoms with Crippen molar-refractivity contribution in [3.05, 3.63) is 52.4 Å². The number of aromatic nitrogens is 1. The predicted molar refractivity (Wildman–Crippen MR) is 133 cm³/mol. The molecule has 0 aliphatic carbocycles. The molecule has 0 atom stereocenters. The maximum Gasteiger partial charge on any atom is 0.254 e. The van der Waals surface area contributed by atoms with E-state index in [9.17, 15) is 9.59 Å². The molecule has 1 fully saturated rings. The molecule has 2 heterocycles. The maximum absolute atomic E-state index is 12.6. The molecular weight excluding hydrogens is 523 g/mol. The number of guanidine groups is 1. The van der Waals surface area contributed by atoms with Crippen molar-refractivity contribution in [3.63, 3.8) is 0 Å². The Hall–Kier alpha value is -2.63. The van der Waals surface area contributed by atoms with E-state index in [0.717, 1.165) is 35.4 Å². The average Bonchev–Trinajstić information content (AvgIpc) is 3.21. The summed E-state index contributed by atoms with van der Waals surface area (Å²) in [5, 5.41) is 13.4. The smallest absolute Gasteiger partial charge is 0.254 e. The lowest BCUT2D eigenvalue weighted by atomic mass is 10.1. The first-order valence-corrected chi connectivity index (χ1v) is 10.6. The van der Waals surface area contributed by atoms with Crippen LogP contribution in [0.1, 0.15) is 46.8 Å². The van der Waals surface area contributed by atoms with Crippen LogP contribution in [0.5, 0.6) is 0 Å². The third-order valence-corrected chi connectivity index (χ3v) is 5.25. The van der Waals surface area contributed by atoms with E-state index >= 15 is 0 Å². The number of halogens is 1. The van der Waals surface area contributed by atoms with Gasteiger partial charge in [0.15, 0.2) is 5.96 Å². The number of carbonyl (C=O) groups excluding carboxylic acids is 2. The van der Waals surface area contributed by atoms with Gasteiger partial charge in [0.2, 0.25) is 5.91 Å². The van der Waals surface area contributed by atoms with Gasteiger partial charge in [0.1, 0.15) is 5.76 Å². The van der Waals surface area contributed by atoms with Gasteiger partial charge in [-0.05, 0) is 24.1 Å². The fourth-order valence-corrected chi connectivity index (χ4v) is 3.48. The highest BCUT2D eigenvalue weighted by atomic mass is 127. The van der Waals surface area contributed by atoms with E-state index in [1.807, 2.05) is 19.1 Å². The van der Waals surface area contributed by atoms with Crippen molar-refractivity contribution in [3.8, 4) is 0 Å². The van der Waals surface area contributed by atoms with Gasteiger partial charge >= 0.3 is 0 Å². The van der Waals surface area contributed by atoms with Crippen molar-refractivity contribution in [2.24, 2.45) is 4.99 Å². The van der Waals surface area contributed by atoms with Gasteiger partial charge in [-0.2, -0.15) is 0 Å². The number of nitrogens with zero attached hydrogens (tertiary/aromatic N) is 3. The van der Waals surface area contributed by atoms with Gasteiger partial charge < -0.3 is 25.4 Å². The number of amides is 2. The summed E-state index contributed by atoms with van der Waals surface area (Å²) in [4.78, 5) is 29.9. The molecular formula is C22H31IN6O3. The summed E-state index contributed by atoms with van der Waals surface area (Å²) in [5.41, 5.74) is 3.64. The number of rotatable bonds is 7. The molecule has 1 aliphatic heterocycles. The summed E-state index contributed by atoms with van der Waals surface area (Å²) >= 11 is 0. The Kier molecular flexibility index (Phi) is 9.95. The van der Waals surface area contributed by atoms with Gasteiger partial charge in [0, 0.05) is 50.8 Å². The van der Waals surface area contributed by atoms with Crippen LogP contribution in [0.25, 0.3) is 0 Å². The molecule has 10 heteroatoms. The lowest BCUT2D eigenvalue weighted by Gasteiger charge is -2.26. The fraction of sp³-hybridized carbons (Fsp3) is 0.455. The third kappa shape index (κ3) is 6.44. The van der Waals surface area contributed by atoms with Crippen molar-refractivity contribution in [1.82, 2.24) is 26.0 Å². The minimum absolute atomic E-state index is 0. The molecule has 0 radical (unpaired) electrons. The monoisotopic (exact) mass is 554 g/mol. The minimum Gasteiger partial charge on any atom is -0.361 e. The summed E-state index contributed by atoms with van der Waals surface area (Å²) in [6.45, 7) is 6.38. The Morgan fingerprint density at radius 1 is 1.19 bits per heavy atom. The number of carbonyl (C=O) groups is 2. The number of hydrogen-bond donors (Lipinski definition) is 3. The zero-order valence-electron chi connectivity index (χ0n) is 18.7. The Bertz CT molecular complexity index is 920. The van der Waals surface area contributed by atoms with Crippen LogP contribution in [-0.4, -0.2) is 54.5 Å². The molecule has 0 unspecified atom stereocenters. The van der Waals surface area contributed by atoms with Gasteiger partial charge in [-0.3, -0.25) is 14.6 Å². The second kappa shape index (κ2) is 12.4. The van der Waals surface area contributed by atoms with E-state index in [1.165, 1.54) is 0 Å². The quantitative estimate of drug-likeness (QED) is 0.274. The standard InChI is InChI=1S/C22H30N6O3.HI/c1-4-18-17(19(5-2)31-27-18)13-26-22(23-3)25-12-15-6-8-16(9-7-15)21(30)28-11-10-24-20(29)14-28;/h6-9H,4-5,10-14H2,1-3H3,(H,24,29)(H2,23,25,26);1H. The zero-order valence-corrected chi connectivity index (χ0v) is 21.1.